The Kier molecular flexibility index (Phi) is 6.68. The van der Waals surface area contributed by atoms with Gasteiger partial charge >= 0.3 is 6.18 Å². The summed E-state index contributed by atoms with van der Waals surface area (Å²) >= 11 is 1.10. The molecule has 1 fully saturated rings. The monoisotopic (exact) mass is 478 g/mol. The molecular formula is C22H21F3N4O3S. The van der Waals surface area contributed by atoms with Crippen molar-refractivity contribution in [3.8, 4) is 0 Å². The molecule has 174 valence electrons. The number of carbonyl (C=O) groups excluding carboxylic acids is 2. The number of anilines is 2. The lowest BCUT2D eigenvalue weighted by molar-refractivity contribution is -0.137. The first-order valence-corrected chi connectivity index (χ1v) is 11.2. The number of furan rings is 1. The number of halogens is 3. The van der Waals surface area contributed by atoms with Gasteiger partial charge in [0.05, 0.1) is 18.4 Å². The first kappa shape index (κ1) is 22.8. The number of hydrogen-bond donors (Lipinski definition) is 2. The van der Waals surface area contributed by atoms with Crippen LogP contribution in [-0.2, 0) is 17.5 Å². The van der Waals surface area contributed by atoms with E-state index in [1.165, 1.54) is 28.7 Å². The van der Waals surface area contributed by atoms with E-state index < -0.39 is 17.8 Å². The molecule has 1 aromatic carbocycles. The summed E-state index contributed by atoms with van der Waals surface area (Å²) in [5, 5.41) is 7.43. The molecule has 0 radical (unpaired) electrons. The fourth-order valence-electron chi connectivity index (χ4n) is 3.63. The largest absolute Gasteiger partial charge is 0.467 e. The standard InChI is InChI=1S/C22H21F3N4O3S/c23-22(24,25)14-5-3-6-15(11-14)27-21-28-17(13-33-21)20(31)29-9-2-1-8-18(29)19(30)26-12-16-7-4-10-32-16/h3-7,10-11,13,18H,1-2,8-9,12H2,(H,26,30)(H,27,28)/t18-/m0/s1. The molecule has 1 saturated heterocycles. The Morgan fingerprint density at radius 2 is 2.06 bits per heavy atom. The summed E-state index contributed by atoms with van der Waals surface area (Å²) in [6.07, 6.45) is -0.807. The van der Waals surface area contributed by atoms with Crippen molar-refractivity contribution in [2.24, 2.45) is 0 Å². The zero-order chi connectivity index (χ0) is 23.4. The van der Waals surface area contributed by atoms with Crippen LogP contribution in [0, 0.1) is 0 Å². The van der Waals surface area contributed by atoms with Gasteiger partial charge in [0.25, 0.3) is 5.91 Å². The number of piperidine rings is 1. The van der Waals surface area contributed by atoms with E-state index in [9.17, 15) is 22.8 Å². The molecule has 2 amide bonds. The maximum atomic E-state index is 13.1. The molecule has 3 aromatic rings. The second kappa shape index (κ2) is 9.65. The molecule has 0 spiro atoms. The van der Waals surface area contributed by atoms with E-state index in [-0.39, 0.29) is 34.9 Å². The lowest BCUT2D eigenvalue weighted by Crippen LogP contribution is -2.51. The molecule has 7 nitrogen and oxygen atoms in total. The number of likely N-dealkylation sites (tertiary alicyclic amines) is 1. The number of thiazole rings is 1. The quantitative estimate of drug-likeness (QED) is 0.531. The van der Waals surface area contributed by atoms with E-state index in [1.807, 2.05) is 0 Å². The highest BCUT2D eigenvalue weighted by Gasteiger charge is 2.34. The summed E-state index contributed by atoms with van der Waals surface area (Å²) in [7, 11) is 0. The topological polar surface area (TPSA) is 87.5 Å². The maximum absolute atomic E-state index is 13.1. The third kappa shape index (κ3) is 5.54. The average molecular weight is 478 g/mol. The molecule has 1 aliphatic heterocycles. The first-order valence-electron chi connectivity index (χ1n) is 10.3. The Labute approximate surface area is 191 Å². The average Bonchev–Trinajstić information content (AvgIpc) is 3.49. The van der Waals surface area contributed by atoms with Crippen molar-refractivity contribution in [3.63, 3.8) is 0 Å². The number of benzene rings is 1. The van der Waals surface area contributed by atoms with Crippen LogP contribution in [0.4, 0.5) is 24.0 Å². The number of rotatable bonds is 6. The summed E-state index contributed by atoms with van der Waals surface area (Å²) in [4.78, 5) is 31.6. The fourth-order valence-corrected chi connectivity index (χ4v) is 4.33. The molecule has 33 heavy (non-hydrogen) atoms. The van der Waals surface area contributed by atoms with Gasteiger partial charge in [-0.2, -0.15) is 13.2 Å². The van der Waals surface area contributed by atoms with Crippen molar-refractivity contribution in [1.82, 2.24) is 15.2 Å². The number of hydrogen-bond acceptors (Lipinski definition) is 6. The van der Waals surface area contributed by atoms with Crippen LogP contribution in [-0.4, -0.2) is 34.3 Å². The predicted octanol–water partition coefficient (Wildman–Crippen LogP) is 4.81. The van der Waals surface area contributed by atoms with Gasteiger partial charge in [-0.25, -0.2) is 4.98 Å². The molecule has 4 rings (SSSR count). The molecule has 1 atom stereocenters. The van der Waals surface area contributed by atoms with Gasteiger partial charge in [0.1, 0.15) is 17.5 Å². The second-order valence-corrected chi connectivity index (χ2v) is 8.41. The van der Waals surface area contributed by atoms with E-state index in [0.29, 0.717) is 18.7 Å². The summed E-state index contributed by atoms with van der Waals surface area (Å²) in [5.74, 6) is -0.0416. The van der Waals surface area contributed by atoms with Crippen LogP contribution in [0.5, 0.6) is 0 Å². The summed E-state index contributed by atoms with van der Waals surface area (Å²) in [6.45, 7) is 0.651. The predicted molar refractivity (Wildman–Crippen MR) is 116 cm³/mol. The number of alkyl halides is 3. The Bertz CT molecular complexity index is 1110. The van der Waals surface area contributed by atoms with E-state index in [0.717, 1.165) is 36.3 Å². The molecule has 1 aliphatic rings. The molecular weight excluding hydrogens is 457 g/mol. The Morgan fingerprint density at radius 1 is 1.21 bits per heavy atom. The number of nitrogens with zero attached hydrogens (tertiary/aromatic N) is 2. The van der Waals surface area contributed by atoms with Crippen molar-refractivity contribution >= 4 is 34.0 Å². The maximum Gasteiger partial charge on any atom is 0.416 e. The summed E-state index contributed by atoms with van der Waals surface area (Å²) < 4.78 is 44.0. The highest BCUT2D eigenvalue weighted by Crippen LogP contribution is 2.32. The van der Waals surface area contributed by atoms with Crippen molar-refractivity contribution in [2.45, 2.75) is 38.0 Å². The fraction of sp³-hybridized carbons (Fsp3) is 0.318. The van der Waals surface area contributed by atoms with Gasteiger partial charge in [0, 0.05) is 17.6 Å². The lowest BCUT2D eigenvalue weighted by Gasteiger charge is -2.34. The van der Waals surface area contributed by atoms with Gasteiger partial charge in [0.2, 0.25) is 5.91 Å². The first-order chi connectivity index (χ1) is 15.8. The summed E-state index contributed by atoms with van der Waals surface area (Å²) in [6, 6.07) is 7.60. The number of carbonyl (C=O) groups is 2. The molecule has 0 unspecified atom stereocenters. The van der Waals surface area contributed by atoms with E-state index in [4.69, 9.17) is 4.42 Å². The van der Waals surface area contributed by atoms with Gasteiger partial charge in [-0.3, -0.25) is 9.59 Å². The minimum Gasteiger partial charge on any atom is -0.467 e. The molecule has 2 N–H and O–H groups in total. The molecule has 3 heterocycles. The molecule has 2 aromatic heterocycles. The second-order valence-electron chi connectivity index (χ2n) is 7.55. The Hall–Kier alpha value is -3.34. The lowest BCUT2D eigenvalue weighted by atomic mass is 10.0. The zero-order valence-corrected chi connectivity index (χ0v) is 18.2. The third-order valence-electron chi connectivity index (χ3n) is 5.25. The van der Waals surface area contributed by atoms with Crippen molar-refractivity contribution in [3.05, 3.63) is 65.1 Å². The van der Waals surface area contributed by atoms with Crippen LogP contribution >= 0.6 is 11.3 Å². The molecule has 0 bridgehead atoms. The van der Waals surface area contributed by atoms with Crippen LogP contribution in [0.3, 0.4) is 0 Å². The van der Waals surface area contributed by atoms with Gasteiger partial charge in [-0.1, -0.05) is 6.07 Å². The number of aromatic nitrogens is 1. The minimum absolute atomic E-state index is 0.139. The van der Waals surface area contributed by atoms with E-state index in [2.05, 4.69) is 15.6 Å². The van der Waals surface area contributed by atoms with Crippen LogP contribution in [0.1, 0.15) is 41.1 Å². The smallest absolute Gasteiger partial charge is 0.416 e. The SMILES string of the molecule is O=C(NCc1ccco1)[C@@H]1CCCCN1C(=O)c1csc(Nc2cccc(C(F)(F)F)c2)n1. The number of nitrogens with one attached hydrogen (secondary N) is 2. The van der Waals surface area contributed by atoms with Crippen LogP contribution in [0.25, 0.3) is 0 Å². The Balaban J connectivity index is 1.43. The minimum atomic E-state index is -4.46. The van der Waals surface area contributed by atoms with E-state index >= 15 is 0 Å². The van der Waals surface area contributed by atoms with Crippen molar-refractivity contribution < 1.29 is 27.2 Å². The van der Waals surface area contributed by atoms with Crippen LogP contribution in [0.2, 0.25) is 0 Å². The zero-order valence-electron chi connectivity index (χ0n) is 17.4. The summed E-state index contributed by atoms with van der Waals surface area (Å²) in [5.41, 5.74) is -0.427. The van der Waals surface area contributed by atoms with Crippen LogP contribution < -0.4 is 10.6 Å². The van der Waals surface area contributed by atoms with Gasteiger partial charge in [0.15, 0.2) is 5.13 Å². The van der Waals surface area contributed by atoms with Gasteiger partial charge < -0.3 is 20.0 Å². The third-order valence-corrected chi connectivity index (χ3v) is 6.01. The highest BCUT2D eigenvalue weighted by atomic mass is 32.1. The Morgan fingerprint density at radius 3 is 2.82 bits per heavy atom. The molecule has 0 saturated carbocycles. The van der Waals surface area contributed by atoms with Gasteiger partial charge in [-0.15, -0.1) is 11.3 Å². The molecule has 0 aliphatic carbocycles. The highest BCUT2D eigenvalue weighted by molar-refractivity contribution is 7.14. The van der Waals surface area contributed by atoms with Gasteiger partial charge in [-0.05, 0) is 49.6 Å². The normalized spacial score (nSPS) is 16.5. The number of amides is 2. The molecule has 11 heteroatoms. The van der Waals surface area contributed by atoms with Crippen LogP contribution in [0.15, 0.2) is 52.5 Å². The van der Waals surface area contributed by atoms with Crippen molar-refractivity contribution in [1.29, 1.82) is 0 Å². The van der Waals surface area contributed by atoms with E-state index in [1.54, 1.807) is 12.1 Å². The van der Waals surface area contributed by atoms with Crippen molar-refractivity contribution in [2.75, 3.05) is 11.9 Å².